The molecule has 2 nitrogen and oxygen atoms in total. The Morgan fingerprint density at radius 3 is 2.80 bits per heavy atom. The third kappa shape index (κ3) is 3.72. The van der Waals surface area contributed by atoms with Gasteiger partial charge in [-0.05, 0) is 30.2 Å². The minimum Gasteiger partial charge on any atom is -0.389 e. The van der Waals surface area contributed by atoms with E-state index in [1.165, 1.54) is 6.08 Å². The average Bonchev–Trinajstić information content (AvgIpc) is 2.26. The van der Waals surface area contributed by atoms with E-state index in [1.807, 2.05) is 43.3 Å². The Bertz CT molecular complexity index is 347. The molecule has 0 heterocycles. The van der Waals surface area contributed by atoms with Crippen LogP contribution < -0.4 is 4.90 Å². The predicted molar refractivity (Wildman–Crippen MR) is 60.7 cm³/mol. The number of halogens is 1. The summed E-state index contributed by atoms with van der Waals surface area (Å²) >= 11 is 0. The summed E-state index contributed by atoms with van der Waals surface area (Å²) < 4.78 is 12.7. The summed E-state index contributed by atoms with van der Waals surface area (Å²) in [4.78, 5) is 2.00. The Hall–Kier alpha value is -1.35. The van der Waals surface area contributed by atoms with Crippen molar-refractivity contribution in [2.24, 2.45) is 0 Å². The van der Waals surface area contributed by atoms with E-state index < -0.39 is 12.4 Å². The number of hydrogen-bond donors (Lipinski definition) is 1. The molecule has 0 fully saturated rings. The molecule has 0 aromatic heterocycles. The number of rotatable bonds is 4. The smallest absolute Gasteiger partial charge is 0.122 e. The van der Waals surface area contributed by atoms with Crippen molar-refractivity contribution in [2.75, 3.05) is 25.6 Å². The third-order valence-corrected chi connectivity index (χ3v) is 2.14. The zero-order chi connectivity index (χ0) is 11.3. The molecule has 1 aromatic carbocycles. The van der Waals surface area contributed by atoms with E-state index in [1.54, 1.807) is 0 Å². The lowest BCUT2D eigenvalue weighted by atomic mass is 10.1. The van der Waals surface area contributed by atoms with Crippen LogP contribution >= 0.6 is 0 Å². The molecular weight excluding hydrogens is 193 g/mol. The zero-order valence-electron chi connectivity index (χ0n) is 9.07. The molecule has 1 aromatic rings. The maximum absolute atomic E-state index is 12.7. The molecule has 1 N–H and O–H groups in total. The second-order valence-corrected chi connectivity index (χ2v) is 3.58. The van der Waals surface area contributed by atoms with Gasteiger partial charge in [-0.2, -0.15) is 0 Å². The van der Waals surface area contributed by atoms with E-state index in [0.717, 1.165) is 11.3 Å². The number of aliphatic hydroxyl groups is 1. The van der Waals surface area contributed by atoms with Crippen LogP contribution in [0.15, 0.2) is 36.2 Å². The van der Waals surface area contributed by atoms with E-state index in [-0.39, 0.29) is 0 Å². The van der Waals surface area contributed by atoms with Gasteiger partial charge in [0.2, 0.25) is 0 Å². The molecule has 0 bridgehead atoms. The largest absolute Gasteiger partial charge is 0.389 e. The summed E-state index contributed by atoms with van der Waals surface area (Å²) in [5, 5.41) is 8.50. The highest BCUT2D eigenvalue weighted by atomic mass is 19.1. The summed E-state index contributed by atoms with van der Waals surface area (Å²) in [5.74, 6) is -0.481. The van der Waals surface area contributed by atoms with Crippen LogP contribution in [-0.4, -0.2) is 25.8 Å². The van der Waals surface area contributed by atoms with Crippen LogP contribution in [0.2, 0.25) is 0 Å². The number of aliphatic hydroxyl groups excluding tert-OH is 1. The standard InChI is InChI=1S/C12H16FNO/c1-14(2)12-5-3-4-10(8-12)6-7-11(13)9-15/h3-5,7-8,15H,6,9H2,1-2H3/b11-7+. The van der Waals surface area contributed by atoms with Gasteiger partial charge in [-0.15, -0.1) is 0 Å². The van der Waals surface area contributed by atoms with Gasteiger partial charge in [0.25, 0.3) is 0 Å². The monoisotopic (exact) mass is 209 g/mol. The first-order chi connectivity index (χ1) is 7.13. The van der Waals surface area contributed by atoms with Crippen molar-refractivity contribution in [1.29, 1.82) is 0 Å². The molecule has 0 spiro atoms. The lowest BCUT2D eigenvalue weighted by Gasteiger charge is -2.12. The molecule has 0 aliphatic heterocycles. The molecule has 0 aliphatic carbocycles. The molecule has 0 saturated heterocycles. The van der Waals surface area contributed by atoms with Crippen LogP contribution in [0.5, 0.6) is 0 Å². The molecule has 0 aliphatic rings. The second kappa shape index (κ2) is 5.51. The van der Waals surface area contributed by atoms with Crippen LogP contribution in [0, 0.1) is 0 Å². The first-order valence-electron chi connectivity index (χ1n) is 4.85. The van der Waals surface area contributed by atoms with Crippen LogP contribution in [0.1, 0.15) is 5.56 Å². The topological polar surface area (TPSA) is 23.5 Å². The van der Waals surface area contributed by atoms with Gasteiger partial charge in [-0.3, -0.25) is 0 Å². The molecule has 3 heteroatoms. The lowest BCUT2D eigenvalue weighted by molar-refractivity contribution is 0.297. The van der Waals surface area contributed by atoms with E-state index in [9.17, 15) is 4.39 Å². The van der Waals surface area contributed by atoms with Crippen LogP contribution in [-0.2, 0) is 6.42 Å². The van der Waals surface area contributed by atoms with Crippen LogP contribution in [0.4, 0.5) is 10.1 Å². The van der Waals surface area contributed by atoms with Gasteiger partial charge in [-0.25, -0.2) is 4.39 Å². The normalized spacial score (nSPS) is 11.6. The number of benzene rings is 1. The van der Waals surface area contributed by atoms with Crippen molar-refractivity contribution < 1.29 is 9.50 Å². The average molecular weight is 209 g/mol. The lowest BCUT2D eigenvalue weighted by Crippen LogP contribution is -2.08. The summed E-state index contributed by atoms with van der Waals surface area (Å²) in [6.07, 6.45) is 1.91. The minimum atomic E-state index is -0.520. The van der Waals surface area contributed by atoms with Gasteiger partial charge in [0.1, 0.15) is 5.83 Å². The number of anilines is 1. The molecule has 0 atom stereocenters. The van der Waals surface area contributed by atoms with Crippen molar-refractivity contribution in [3.63, 3.8) is 0 Å². The van der Waals surface area contributed by atoms with Crippen molar-refractivity contribution >= 4 is 5.69 Å². The fraction of sp³-hybridized carbons (Fsp3) is 0.333. The van der Waals surface area contributed by atoms with Gasteiger partial charge in [0.05, 0.1) is 6.61 Å². The number of hydrogen-bond acceptors (Lipinski definition) is 2. The predicted octanol–water partition coefficient (Wildman–Crippen LogP) is 2.14. The fourth-order valence-corrected chi connectivity index (χ4v) is 1.25. The SMILES string of the molecule is CN(C)c1cccc(C/C=C(/F)CO)c1. The first kappa shape index (κ1) is 11.7. The molecule has 0 unspecified atom stereocenters. The molecule has 0 radical (unpaired) electrons. The molecular formula is C12H16FNO. The highest BCUT2D eigenvalue weighted by Crippen LogP contribution is 2.14. The van der Waals surface area contributed by atoms with Crippen molar-refractivity contribution in [2.45, 2.75) is 6.42 Å². The summed E-state index contributed by atoms with van der Waals surface area (Å²) in [6.45, 7) is -0.520. The van der Waals surface area contributed by atoms with E-state index in [2.05, 4.69) is 0 Å². The Labute approximate surface area is 89.7 Å². The number of allylic oxidation sites excluding steroid dienone is 1. The van der Waals surface area contributed by atoms with Crippen molar-refractivity contribution in [3.8, 4) is 0 Å². The maximum Gasteiger partial charge on any atom is 0.122 e. The van der Waals surface area contributed by atoms with Crippen LogP contribution in [0.25, 0.3) is 0 Å². The van der Waals surface area contributed by atoms with E-state index in [4.69, 9.17) is 5.11 Å². The van der Waals surface area contributed by atoms with Gasteiger partial charge in [0, 0.05) is 19.8 Å². The first-order valence-corrected chi connectivity index (χ1v) is 4.85. The Balaban J connectivity index is 2.74. The third-order valence-electron chi connectivity index (χ3n) is 2.14. The van der Waals surface area contributed by atoms with Gasteiger partial charge >= 0.3 is 0 Å². The van der Waals surface area contributed by atoms with Gasteiger partial charge < -0.3 is 10.0 Å². The van der Waals surface area contributed by atoms with E-state index >= 15 is 0 Å². The molecule has 1 rings (SSSR count). The summed E-state index contributed by atoms with van der Waals surface area (Å²) in [7, 11) is 3.92. The minimum absolute atomic E-state index is 0.481. The Kier molecular flexibility index (Phi) is 4.31. The van der Waals surface area contributed by atoms with Gasteiger partial charge in [-0.1, -0.05) is 12.1 Å². The highest BCUT2D eigenvalue weighted by molar-refractivity contribution is 5.47. The summed E-state index contributed by atoms with van der Waals surface area (Å²) in [6, 6.07) is 7.88. The van der Waals surface area contributed by atoms with Crippen molar-refractivity contribution in [1.82, 2.24) is 0 Å². The second-order valence-electron chi connectivity index (χ2n) is 3.58. The molecule has 15 heavy (non-hydrogen) atoms. The fourth-order valence-electron chi connectivity index (χ4n) is 1.25. The van der Waals surface area contributed by atoms with Gasteiger partial charge in [0.15, 0.2) is 0 Å². The summed E-state index contributed by atoms with van der Waals surface area (Å²) in [5.41, 5.74) is 2.12. The highest BCUT2D eigenvalue weighted by Gasteiger charge is 1.97. The van der Waals surface area contributed by atoms with Crippen molar-refractivity contribution in [3.05, 3.63) is 41.7 Å². The molecule has 0 amide bonds. The maximum atomic E-state index is 12.7. The Morgan fingerprint density at radius 2 is 2.20 bits per heavy atom. The molecule has 0 saturated carbocycles. The quantitative estimate of drug-likeness (QED) is 0.821. The Morgan fingerprint density at radius 1 is 1.47 bits per heavy atom. The zero-order valence-corrected chi connectivity index (χ0v) is 9.07. The van der Waals surface area contributed by atoms with E-state index in [0.29, 0.717) is 6.42 Å². The molecule has 82 valence electrons. The number of nitrogens with zero attached hydrogens (tertiary/aromatic N) is 1. The van der Waals surface area contributed by atoms with Crippen LogP contribution in [0.3, 0.4) is 0 Å².